The third-order valence-corrected chi connectivity index (χ3v) is 5.41. The molecule has 134 valence electrons. The fraction of sp³-hybridized carbons (Fsp3) is 0.227. The average Bonchev–Trinajstić information content (AvgIpc) is 3.07. The van der Waals surface area contributed by atoms with Crippen molar-refractivity contribution in [1.82, 2.24) is 14.8 Å². The van der Waals surface area contributed by atoms with Crippen molar-refractivity contribution in [2.75, 3.05) is 5.32 Å². The smallest absolute Gasteiger partial charge is 0.226 e. The second-order valence-electron chi connectivity index (χ2n) is 7.20. The van der Waals surface area contributed by atoms with Gasteiger partial charge in [-0.15, -0.1) is 0 Å². The van der Waals surface area contributed by atoms with E-state index >= 15 is 0 Å². The summed E-state index contributed by atoms with van der Waals surface area (Å²) < 4.78 is 1.85. The fourth-order valence-corrected chi connectivity index (χ4v) is 4.22. The summed E-state index contributed by atoms with van der Waals surface area (Å²) in [6.45, 7) is 1.88. The molecule has 0 unspecified atom stereocenters. The van der Waals surface area contributed by atoms with E-state index in [1.165, 1.54) is 5.56 Å². The van der Waals surface area contributed by atoms with Crippen LogP contribution in [-0.4, -0.2) is 20.5 Å². The molecule has 3 aromatic rings. The van der Waals surface area contributed by atoms with Crippen LogP contribution in [-0.2, 0) is 4.79 Å². The molecule has 5 nitrogen and oxygen atoms in total. The lowest BCUT2D eigenvalue weighted by atomic mass is 9.78. The van der Waals surface area contributed by atoms with Gasteiger partial charge in [-0.1, -0.05) is 60.7 Å². The number of rotatable bonds is 2. The molecule has 0 bridgehead atoms. The van der Waals surface area contributed by atoms with E-state index in [1.54, 1.807) is 0 Å². The van der Waals surface area contributed by atoms with Gasteiger partial charge < -0.3 is 5.32 Å². The highest BCUT2D eigenvalue weighted by molar-refractivity contribution is 6.00. The molecule has 0 saturated carbocycles. The van der Waals surface area contributed by atoms with Gasteiger partial charge in [0.2, 0.25) is 5.95 Å². The maximum atomic E-state index is 13.3. The fourth-order valence-electron chi connectivity index (χ4n) is 4.22. The first kappa shape index (κ1) is 16.0. The van der Waals surface area contributed by atoms with Crippen LogP contribution in [0.25, 0.3) is 0 Å². The summed E-state index contributed by atoms with van der Waals surface area (Å²) in [7, 11) is 0. The summed E-state index contributed by atoms with van der Waals surface area (Å²) in [4.78, 5) is 17.8. The lowest BCUT2D eigenvalue weighted by molar-refractivity contribution is -0.116. The van der Waals surface area contributed by atoms with Crippen LogP contribution in [0.5, 0.6) is 0 Å². The second-order valence-corrected chi connectivity index (χ2v) is 7.20. The number of nitrogens with zero attached hydrogens (tertiary/aromatic N) is 3. The van der Waals surface area contributed by atoms with Gasteiger partial charge in [-0.3, -0.25) is 4.79 Å². The highest BCUT2D eigenvalue weighted by Gasteiger charge is 2.39. The molecule has 0 amide bonds. The number of aromatic nitrogens is 3. The Balaban J connectivity index is 1.62. The molecule has 2 aromatic carbocycles. The molecule has 2 atom stereocenters. The Morgan fingerprint density at radius 2 is 1.63 bits per heavy atom. The van der Waals surface area contributed by atoms with Gasteiger partial charge in [-0.05, 0) is 30.4 Å². The van der Waals surface area contributed by atoms with Gasteiger partial charge in [-0.2, -0.15) is 10.1 Å². The van der Waals surface area contributed by atoms with Crippen LogP contribution in [0.3, 0.4) is 0 Å². The number of allylic oxidation sites excluding steroid dienone is 2. The average molecular weight is 356 g/mol. The van der Waals surface area contributed by atoms with E-state index in [4.69, 9.17) is 0 Å². The van der Waals surface area contributed by atoms with E-state index in [2.05, 4.69) is 39.7 Å². The van der Waals surface area contributed by atoms with E-state index in [0.29, 0.717) is 18.2 Å². The minimum Gasteiger partial charge on any atom is -0.328 e. The Bertz CT molecular complexity index is 1040. The molecule has 1 N–H and O–H groups in total. The van der Waals surface area contributed by atoms with E-state index in [0.717, 1.165) is 23.3 Å². The Labute approximate surface area is 157 Å². The molecule has 2 heterocycles. The van der Waals surface area contributed by atoms with Gasteiger partial charge in [0, 0.05) is 17.7 Å². The third kappa shape index (κ3) is 2.67. The topological polar surface area (TPSA) is 59.8 Å². The number of fused-ring (bicyclic) bond motifs is 1. The first-order valence-electron chi connectivity index (χ1n) is 9.27. The van der Waals surface area contributed by atoms with E-state index in [9.17, 15) is 4.79 Å². The first-order valence-corrected chi connectivity index (χ1v) is 9.27. The van der Waals surface area contributed by atoms with Crippen LogP contribution in [0, 0.1) is 6.92 Å². The van der Waals surface area contributed by atoms with Crippen LogP contribution in [0.2, 0.25) is 0 Å². The minimum absolute atomic E-state index is 0.185. The highest BCUT2D eigenvalue weighted by atomic mass is 16.1. The van der Waals surface area contributed by atoms with Crippen LogP contribution >= 0.6 is 0 Å². The quantitative estimate of drug-likeness (QED) is 0.754. The maximum Gasteiger partial charge on any atom is 0.226 e. The van der Waals surface area contributed by atoms with Gasteiger partial charge in [0.05, 0.1) is 0 Å². The number of nitrogens with one attached hydrogen (secondary N) is 1. The zero-order valence-corrected chi connectivity index (χ0v) is 15.1. The number of anilines is 1. The van der Waals surface area contributed by atoms with E-state index in [1.807, 2.05) is 48.0 Å². The van der Waals surface area contributed by atoms with Gasteiger partial charge in [0.1, 0.15) is 11.9 Å². The normalized spacial score (nSPS) is 21.4. The summed E-state index contributed by atoms with van der Waals surface area (Å²) in [5.41, 5.74) is 4.07. The van der Waals surface area contributed by atoms with E-state index < -0.39 is 0 Å². The number of carbonyl (C=O) groups is 1. The Morgan fingerprint density at radius 1 is 0.963 bits per heavy atom. The van der Waals surface area contributed by atoms with Crippen molar-refractivity contribution in [2.24, 2.45) is 0 Å². The number of ketones is 1. The maximum absolute atomic E-state index is 13.3. The summed E-state index contributed by atoms with van der Waals surface area (Å²) in [5.74, 6) is 1.79. The van der Waals surface area contributed by atoms with Gasteiger partial charge in [0.25, 0.3) is 0 Å². The first-order chi connectivity index (χ1) is 13.2. The minimum atomic E-state index is -0.220. The third-order valence-electron chi connectivity index (χ3n) is 5.41. The van der Waals surface area contributed by atoms with Gasteiger partial charge in [0.15, 0.2) is 5.78 Å². The molecule has 1 aliphatic heterocycles. The zero-order valence-electron chi connectivity index (χ0n) is 15.1. The SMILES string of the molecule is Cc1nc2n(n1)[C@@H](c1ccccc1)C1=C(C[C@H](c3ccccc3)CC1=O)N2. The molecular formula is C22H20N4O. The van der Waals surface area contributed by atoms with Crippen molar-refractivity contribution < 1.29 is 4.79 Å². The standard InChI is InChI=1S/C22H20N4O/c1-14-23-22-24-18-12-17(15-8-4-2-5-9-15)13-19(27)20(18)21(26(22)25-14)16-10-6-3-7-11-16/h2-11,17,21H,12-13H2,1H3,(H,23,24,25)/t17-,21-/m0/s1. The van der Waals surface area contributed by atoms with Crippen LogP contribution in [0.4, 0.5) is 5.95 Å². The highest BCUT2D eigenvalue weighted by Crippen LogP contribution is 2.43. The molecule has 1 aliphatic carbocycles. The van der Waals surface area contributed by atoms with Crippen LogP contribution < -0.4 is 5.32 Å². The largest absolute Gasteiger partial charge is 0.328 e. The molecular weight excluding hydrogens is 336 g/mol. The Hall–Kier alpha value is -3.21. The number of Topliss-reactive ketones (excluding diaryl/α,β-unsaturated/α-hetero) is 1. The Morgan fingerprint density at radius 3 is 2.33 bits per heavy atom. The van der Waals surface area contributed by atoms with Crippen molar-refractivity contribution in [3.8, 4) is 0 Å². The van der Waals surface area contributed by atoms with Gasteiger partial charge >= 0.3 is 0 Å². The van der Waals surface area contributed by atoms with Crippen molar-refractivity contribution >= 4 is 11.7 Å². The molecule has 1 aromatic heterocycles. The van der Waals surface area contributed by atoms with Crippen molar-refractivity contribution in [2.45, 2.75) is 31.7 Å². The van der Waals surface area contributed by atoms with E-state index in [-0.39, 0.29) is 17.7 Å². The van der Waals surface area contributed by atoms with Gasteiger partial charge in [-0.25, -0.2) is 4.68 Å². The monoisotopic (exact) mass is 356 g/mol. The van der Waals surface area contributed by atoms with Crippen molar-refractivity contribution in [3.63, 3.8) is 0 Å². The van der Waals surface area contributed by atoms with Crippen LogP contribution in [0.15, 0.2) is 71.9 Å². The summed E-state index contributed by atoms with van der Waals surface area (Å²) in [6, 6.07) is 20.2. The molecule has 5 heteroatoms. The number of hydrogen-bond donors (Lipinski definition) is 1. The number of carbonyl (C=O) groups excluding carboxylic acids is 1. The molecule has 0 fully saturated rings. The Kier molecular flexibility index (Phi) is 3.67. The number of hydrogen-bond acceptors (Lipinski definition) is 4. The predicted octanol–water partition coefficient (Wildman–Crippen LogP) is 4.00. The molecule has 0 spiro atoms. The summed E-state index contributed by atoms with van der Waals surface area (Å²) in [5, 5.41) is 7.97. The molecule has 2 aliphatic rings. The zero-order chi connectivity index (χ0) is 18.4. The van der Waals surface area contributed by atoms with Crippen molar-refractivity contribution in [1.29, 1.82) is 0 Å². The number of aryl methyl sites for hydroxylation is 1. The summed E-state index contributed by atoms with van der Waals surface area (Å²) in [6.07, 6.45) is 1.33. The van der Waals surface area contributed by atoms with Crippen molar-refractivity contribution in [3.05, 3.63) is 88.9 Å². The van der Waals surface area contributed by atoms with Crippen LogP contribution in [0.1, 0.15) is 41.8 Å². The predicted molar refractivity (Wildman–Crippen MR) is 103 cm³/mol. The molecule has 5 rings (SSSR count). The molecule has 0 saturated heterocycles. The summed E-state index contributed by atoms with van der Waals surface area (Å²) >= 11 is 0. The number of benzene rings is 2. The lowest BCUT2D eigenvalue weighted by Crippen LogP contribution is -2.33. The lowest BCUT2D eigenvalue weighted by Gasteiger charge is -2.35. The second kappa shape index (κ2) is 6.20. The molecule has 0 radical (unpaired) electrons. The molecule has 27 heavy (non-hydrogen) atoms.